The molecule has 2 aromatic rings. The van der Waals surface area contributed by atoms with Gasteiger partial charge in [0.15, 0.2) is 0 Å². The number of piperazine rings is 1. The fourth-order valence-electron chi connectivity index (χ4n) is 3.10. The third-order valence-corrected chi connectivity index (χ3v) is 4.66. The van der Waals surface area contributed by atoms with Crippen LogP contribution in [0.5, 0.6) is 0 Å². The predicted octanol–water partition coefficient (Wildman–Crippen LogP) is 3.45. The number of rotatable bonds is 3. The maximum absolute atomic E-state index is 12.7. The van der Waals surface area contributed by atoms with Gasteiger partial charge in [0.1, 0.15) is 0 Å². The smallest absolute Gasteiger partial charge is 0.416 e. The van der Waals surface area contributed by atoms with Crippen LogP contribution < -0.4 is 4.90 Å². The molecule has 3 rings (SSSR count). The monoisotopic (exact) mass is 392 g/mol. The van der Waals surface area contributed by atoms with Crippen LogP contribution in [0.2, 0.25) is 0 Å². The molecule has 0 atom stereocenters. The lowest BCUT2D eigenvalue weighted by Gasteiger charge is -2.36. The summed E-state index contributed by atoms with van der Waals surface area (Å²) in [5.41, 5.74) is 0.751. The second kappa shape index (κ2) is 7.92. The number of benzene rings is 2. The predicted molar refractivity (Wildman–Crippen MR) is 97.3 cm³/mol. The van der Waals surface area contributed by atoms with E-state index in [1.165, 1.54) is 19.2 Å². The van der Waals surface area contributed by atoms with E-state index in [2.05, 4.69) is 0 Å². The van der Waals surface area contributed by atoms with Crippen LogP contribution in [0.3, 0.4) is 0 Å². The highest BCUT2D eigenvalue weighted by Crippen LogP contribution is 2.29. The van der Waals surface area contributed by atoms with Crippen molar-refractivity contribution in [2.24, 2.45) is 0 Å². The molecule has 0 aromatic heterocycles. The Morgan fingerprint density at radius 2 is 1.57 bits per heavy atom. The van der Waals surface area contributed by atoms with Gasteiger partial charge < -0.3 is 14.5 Å². The summed E-state index contributed by atoms with van der Waals surface area (Å²) in [7, 11) is 1.32. The van der Waals surface area contributed by atoms with Crippen LogP contribution in [0.25, 0.3) is 0 Å². The van der Waals surface area contributed by atoms with Gasteiger partial charge in [-0.3, -0.25) is 4.79 Å². The van der Waals surface area contributed by atoms with Gasteiger partial charge in [-0.2, -0.15) is 13.2 Å². The van der Waals surface area contributed by atoms with Crippen molar-refractivity contribution < 1.29 is 27.5 Å². The lowest BCUT2D eigenvalue weighted by Crippen LogP contribution is -2.48. The summed E-state index contributed by atoms with van der Waals surface area (Å²) >= 11 is 0. The van der Waals surface area contributed by atoms with E-state index < -0.39 is 17.7 Å². The lowest BCUT2D eigenvalue weighted by molar-refractivity contribution is -0.137. The summed E-state index contributed by atoms with van der Waals surface area (Å²) in [5.74, 6) is -0.713. The van der Waals surface area contributed by atoms with Crippen molar-refractivity contribution >= 4 is 17.6 Å². The van der Waals surface area contributed by atoms with Crippen LogP contribution in [0, 0.1) is 0 Å². The zero-order valence-electron chi connectivity index (χ0n) is 15.2. The molecule has 5 nitrogen and oxygen atoms in total. The van der Waals surface area contributed by atoms with Crippen molar-refractivity contribution in [1.82, 2.24) is 4.90 Å². The van der Waals surface area contributed by atoms with Crippen molar-refractivity contribution in [3.8, 4) is 0 Å². The third-order valence-electron chi connectivity index (χ3n) is 4.66. The Hall–Kier alpha value is -3.03. The Morgan fingerprint density at radius 1 is 0.929 bits per heavy atom. The van der Waals surface area contributed by atoms with E-state index in [0.29, 0.717) is 31.7 Å². The molecule has 1 saturated heterocycles. The Morgan fingerprint density at radius 3 is 2.14 bits per heavy atom. The first kappa shape index (κ1) is 19.7. The molecule has 0 aliphatic carbocycles. The maximum Gasteiger partial charge on any atom is 0.416 e. The van der Waals surface area contributed by atoms with Gasteiger partial charge in [-0.15, -0.1) is 0 Å². The van der Waals surface area contributed by atoms with E-state index in [9.17, 15) is 22.8 Å². The molecule has 0 saturated carbocycles. The summed E-state index contributed by atoms with van der Waals surface area (Å²) in [5, 5.41) is 0. The Labute approximate surface area is 160 Å². The van der Waals surface area contributed by atoms with Crippen molar-refractivity contribution in [3.63, 3.8) is 0 Å². The molecular weight excluding hydrogens is 373 g/mol. The SMILES string of the molecule is COC(=O)c1cccc(N2CCN(C(=O)c3ccc(C(F)(F)F)cc3)CC2)c1. The standard InChI is InChI=1S/C20H19F3N2O3/c1-28-19(27)15-3-2-4-17(13-15)24-9-11-25(12-10-24)18(26)14-5-7-16(8-6-14)20(21,22)23/h2-8,13H,9-12H2,1H3. The summed E-state index contributed by atoms with van der Waals surface area (Å²) in [6.45, 7) is 1.97. The van der Waals surface area contributed by atoms with Crippen molar-refractivity contribution in [1.29, 1.82) is 0 Å². The number of methoxy groups -OCH3 is 1. The molecule has 1 fully saturated rings. The molecule has 28 heavy (non-hydrogen) atoms. The molecule has 0 radical (unpaired) electrons. The number of nitrogens with zero attached hydrogens (tertiary/aromatic N) is 2. The number of halogens is 3. The van der Waals surface area contributed by atoms with Gasteiger partial charge in [-0.25, -0.2) is 4.79 Å². The van der Waals surface area contributed by atoms with Crippen molar-refractivity contribution in [2.45, 2.75) is 6.18 Å². The molecule has 1 aliphatic rings. The normalized spacial score (nSPS) is 14.7. The summed E-state index contributed by atoms with van der Waals surface area (Å²) < 4.78 is 42.7. The third kappa shape index (κ3) is 4.27. The van der Waals surface area contributed by atoms with Gasteiger partial charge in [-0.05, 0) is 42.5 Å². The number of amides is 1. The van der Waals surface area contributed by atoms with Gasteiger partial charge >= 0.3 is 12.1 Å². The number of esters is 1. The van der Waals surface area contributed by atoms with E-state index in [0.717, 1.165) is 17.8 Å². The molecule has 0 unspecified atom stereocenters. The minimum Gasteiger partial charge on any atom is -0.465 e. The number of hydrogen-bond donors (Lipinski definition) is 0. The van der Waals surface area contributed by atoms with Crippen LogP contribution >= 0.6 is 0 Å². The van der Waals surface area contributed by atoms with Crippen LogP contribution in [0.1, 0.15) is 26.3 Å². The number of anilines is 1. The Kier molecular flexibility index (Phi) is 5.58. The van der Waals surface area contributed by atoms with Gasteiger partial charge in [0.05, 0.1) is 18.2 Å². The van der Waals surface area contributed by atoms with Gasteiger partial charge in [0.2, 0.25) is 0 Å². The Balaban J connectivity index is 1.64. The highest BCUT2D eigenvalue weighted by atomic mass is 19.4. The summed E-state index contributed by atoms with van der Waals surface area (Å²) in [6.07, 6.45) is -4.42. The fraction of sp³-hybridized carbons (Fsp3) is 0.300. The first-order chi connectivity index (χ1) is 13.3. The number of carbonyl (C=O) groups is 2. The minimum atomic E-state index is -4.42. The molecule has 0 N–H and O–H groups in total. The molecule has 0 spiro atoms. The summed E-state index contributed by atoms with van der Waals surface area (Å²) in [6, 6.07) is 11.3. The number of ether oxygens (including phenoxy) is 1. The zero-order valence-corrected chi connectivity index (χ0v) is 15.2. The summed E-state index contributed by atoms with van der Waals surface area (Å²) in [4.78, 5) is 27.9. The molecule has 1 amide bonds. The number of carbonyl (C=O) groups excluding carboxylic acids is 2. The lowest BCUT2D eigenvalue weighted by atomic mass is 10.1. The average Bonchev–Trinajstić information content (AvgIpc) is 2.72. The largest absolute Gasteiger partial charge is 0.465 e. The molecule has 1 heterocycles. The first-order valence-corrected chi connectivity index (χ1v) is 8.69. The Bertz CT molecular complexity index is 858. The average molecular weight is 392 g/mol. The van der Waals surface area contributed by atoms with Gasteiger partial charge in [0.25, 0.3) is 5.91 Å². The topological polar surface area (TPSA) is 49.9 Å². The number of hydrogen-bond acceptors (Lipinski definition) is 4. The molecule has 1 aliphatic heterocycles. The van der Waals surface area contributed by atoms with E-state index >= 15 is 0 Å². The maximum atomic E-state index is 12.7. The van der Waals surface area contributed by atoms with Crippen LogP contribution in [-0.4, -0.2) is 50.1 Å². The molecule has 2 aromatic carbocycles. The van der Waals surface area contributed by atoms with E-state index in [-0.39, 0.29) is 11.5 Å². The number of alkyl halides is 3. The molecular formula is C20H19F3N2O3. The van der Waals surface area contributed by atoms with Gasteiger partial charge in [0, 0.05) is 37.4 Å². The molecule has 148 valence electrons. The second-order valence-corrected chi connectivity index (χ2v) is 6.40. The first-order valence-electron chi connectivity index (χ1n) is 8.69. The zero-order chi connectivity index (χ0) is 20.3. The van der Waals surface area contributed by atoms with E-state index in [1.807, 2.05) is 11.0 Å². The van der Waals surface area contributed by atoms with E-state index in [1.54, 1.807) is 23.1 Å². The van der Waals surface area contributed by atoms with Crippen LogP contribution in [0.4, 0.5) is 18.9 Å². The highest BCUT2D eigenvalue weighted by Gasteiger charge is 2.30. The van der Waals surface area contributed by atoms with Crippen LogP contribution in [-0.2, 0) is 10.9 Å². The highest BCUT2D eigenvalue weighted by molar-refractivity contribution is 5.94. The fourth-order valence-corrected chi connectivity index (χ4v) is 3.10. The molecule has 8 heteroatoms. The van der Waals surface area contributed by atoms with E-state index in [4.69, 9.17) is 4.74 Å². The van der Waals surface area contributed by atoms with Crippen molar-refractivity contribution in [3.05, 3.63) is 65.2 Å². The second-order valence-electron chi connectivity index (χ2n) is 6.40. The molecule has 0 bridgehead atoms. The van der Waals surface area contributed by atoms with Gasteiger partial charge in [-0.1, -0.05) is 6.07 Å². The quantitative estimate of drug-likeness (QED) is 0.751. The van der Waals surface area contributed by atoms with Crippen LogP contribution in [0.15, 0.2) is 48.5 Å². The van der Waals surface area contributed by atoms with Crippen molar-refractivity contribution in [2.75, 3.05) is 38.2 Å². The minimum absolute atomic E-state index is 0.231.